The average Bonchev–Trinajstić information content (AvgIpc) is 3.41. The highest BCUT2D eigenvalue weighted by molar-refractivity contribution is 7.13. The summed E-state index contributed by atoms with van der Waals surface area (Å²) < 4.78 is 5.34. The molecule has 1 saturated heterocycles. The number of aromatic nitrogens is 1. The molecule has 1 fully saturated rings. The van der Waals surface area contributed by atoms with E-state index in [1.54, 1.807) is 11.6 Å². The van der Waals surface area contributed by atoms with Crippen LogP contribution in [0.1, 0.15) is 35.4 Å². The van der Waals surface area contributed by atoms with Gasteiger partial charge < -0.3 is 9.73 Å². The molecule has 5 nitrogen and oxygen atoms in total. The van der Waals surface area contributed by atoms with Crippen molar-refractivity contribution in [1.82, 2.24) is 15.2 Å². The zero-order valence-electron chi connectivity index (χ0n) is 14.6. The molecule has 4 rings (SSSR count). The fourth-order valence-electron chi connectivity index (χ4n) is 3.35. The predicted octanol–water partition coefficient (Wildman–Crippen LogP) is 3.97. The van der Waals surface area contributed by atoms with Gasteiger partial charge in [-0.15, -0.1) is 11.3 Å². The average molecular weight is 367 g/mol. The highest BCUT2D eigenvalue weighted by Crippen LogP contribution is 2.26. The normalized spacial score (nSPS) is 18.7. The van der Waals surface area contributed by atoms with E-state index in [0.717, 1.165) is 24.5 Å². The summed E-state index contributed by atoms with van der Waals surface area (Å²) in [5, 5.41) is 5.63. The van der Waals surface area contributed by atoms with Crippen LogP contribution in [0.4, 0.5) is 0 Å². The van der Waals surface area contributed by atoms with Gasteiger partial charge in [-0.1, -0.05) is 30.3 Å². The van der Waals surface area contributed by atoms with Gasteiger partial charge in [0.2, 0.25) is 0 Å². The Balaban J connectivity index is 1.36. The van der Waals surface area contributed by atoms with Gasteiger partial charge in [0.1, 0.15) is 5.69 Å². The number of thiazole rings is 1. The van der Waals surface area contributed by atoms with Crippen molar-refractivity contribution in [1.29, 1.82) is 0 Å². The second kappa shape index (κ2) is 7.43. The Morgan fingerprint density at radius 2 is 2.15 bits per heavy atom. The number of carbonyl (C=O) groups is 1. The van der Waals surface area contributed by atoms with Gasteiger partial charge in [0.25, 0.3) is 5.91 Å². The van der Waals surface area contributed by atoms with Crippen molar-refractivity contribution in [3.63, 3.8) is 0 Å². The lowest BCUT2D eigenvalue weighted by Crippen LogP contribution is -2.37. The Morgan fingerprint density at radius 1 is 1.31 bits per heavy atom. The minimum Gasteiger partial charge on any atom is -0.462 e. The van der Waals surface area contributed by atoms with E-state index in [4.69, 9.17) is 4.42 Å². The summed E-state index contributed by atoms with van der Waals surface area (Å²) >= 11 is 1.42. The molecule has 0 aliphatic carbocycles. The molecule has 3 aromatic rings. The van der Waals surface area contributed by atoms with Crippen molar-refractivity contribution < 1.29 is 9.21 Å². The first-order valence-corrected chi connectivity index (χ1v) is 9.68. The Kier molecular flexibility index (Phi) is 4.86. The molecule has 1 aliphatic heterocycles. The Labute approximate surface area is 156 Å². The molecule has 0 saturated carbocycles. The molecule has 2 unspecified atom stereocenters. The Bertz CT molecular complexity index is 860. The van der Waals surface area contributed by atoms with Gasteiger partial charge in [0.05, 0.1) is 6.26 Å². The third kappa shape index (κ3) is 3.57. The van der Waals surface area contributed by atoms with Crippen molar-refractivity contribution in [3.8, 4) is 10.8 Å². The highest BCUT2D eigenvalue weighted by Gasteiger charge is 2.28. The summed E-state index contributed by atoms with van der Waals surface area (Å²) in [7, 11) is 0. The van der Waals surface area contributed by atoms with Crippen molar-refractivity contribution in [2.24, 2.45) is 0 Å². The molecule has 2 aromatic heterocycles. The predicted molar refractivity (Wildman–Crippen MR) is 102 cm³/mol. The summed E-state index contributed by atoms with van der Waals surface area (Å²) in [6.45, 7) is 4.06. The molecule has 134 valence electrons. The summed E-state index contributed by atoms with van der Waals surface area (Å²) in [4.78, 5) is 19.3. The maximum atomic E-state index is 12.5. The third-order valence-electron chi connectivity index (χ3n) is 4.85. The SMILES string of the molecule is CC(c1ccccc1)N1CCC(NC(=O)c2csc(-c3ccco3)n2)C1. The number of benzene rings is 1. The maximum absolute atomic E-state index is 12.5. The molecule has 3 heterocycles. The minimum absolute atomic E-state index is 0.113. The van der Waals surface area contributed by atoms with Crippen LogP contribution in [0.5, 0.6) is 0 Å². The van der Waals surface area contributed by atoms with Gasteiger partial charge in [0.15, 0.2) is 10.8 Å². The lowest BCUT2D eigenvalue weighted by molar-refractivity contribution is 0.0932. The smallest absolute Gasteiger partial charge is 0.271 e. The summed E-state index contributed by atoms with van der Waals surface area (Å²) in [5.74, 6) is 0.580. The molecular weight excluding hydrogens is 346 g/mol. The van der Waals surface area contributed by atoms with Crippen molar-refractivity contribution in [2.75, 3.05) is 13.1 Å². The standard InChI is InChI=1S/C20H21N3O2S/c1-14(15-6-3-2-4-7-15)23-10-9-16(12-23)21-19(24)17-13-26-20(22-17)18-8-5-11-25-18/h2-8,11,13-14,16H,9-10,12H2,1H3,(H,21,24). The molecule has 1 amide bonds. The van der Waals surface area contributed by atoms with Gasteiger partial charge in [-0.25, -0.2) is 4.98 Å². The largest absolute Gasteiger partial charge is 0.462 e. The lowest BCUT2D eigenvalue weighted by atomic mass is 10.1. The van der Waals surface area contributed by atoms with Crippen LogP contribution in [-0.2, 0) is 0 Å². The number of nitrogens with zero attached hydrogens (tertiary/aromatic N) is 2. The molecule has 0 spiro atoms. The van der Waals surface area contributed by atoms with Gasteiger partial charge in [0, 0.05) is 30.6 Å². The van der Waals surface area contributed by atoms with Crippen LogP contribution in [-0.4, -0.2) is 34.9 Å². The van der Waals surface area contributed by atoms with Crippen molar-refractivity contribution >= 4 is 17.2 Å². The number of nitrogens with one attached hydrogen (secondary N) is 1. The van der Waals surface area contributed by atoms with Crippen LogP contribution in [0.25, 0.3) is 10.8 Å². The van der Waals surface area contributed by atoms with Gasteiger partial charge in [-0.2, -0.15) is 0 Å². The van der Waals surface area contributed by atoms with Crippen LogP contribution in [0.15, 0.2) is 58.5 Å². The molecule has 1 aromatic carbocycles. The molecule has 0 bridgehead atoms. The molecule has 6 heteroatoms. The zero-order valence-corrected chi connectivity index (χ0v) is 15.4. The first kappa shape index (κ1) is 17.0. The monoisotopic (exact) mass is 367 g/mol. The maximum Gasteiger partial charge on any atom is 0.271 e. The van der Waals surface area contributed by atoms with E-state index in [0.29, 0.717) is 17.5 Å². The van der Waals surface area contributed by atoms with Gasteiger partial charge in [-0.3, -0.25) is 9.69 Å². The number of hydrogen-bond donors (Lipinski definition) is 1. The number of hydrogen-bond acceptors (Lipinski definition) is 5. The molecular formula is C20H21N3O2S. The minimum atomic E-state index is -0.113. The van der Waals surface area contributed by atoms with E-state index in [1.807, 2.05) is 18.2 Å². The topological polar surface area (TPSA) is 58.4 Å². The van der Waals surface area contributed by atoms with E-state index < -0.39 is 0 Å². The fourth-order valence-corrected chi connectivity index (χ4v) is 4.12. The first-order chi connectivity index (χ1) is 12.7. The fraction of sp³-hybridized carbons (Fsp3) is 0.300. The van der Waals surface area contributed by atoms with Crippen LogP contribution in [0.2, 0.25) is 0 Å². The number of furan rings is 1. The van der Waals surface area contributed by atoms with Crippen molar-refractivity contribution in [3.05, 3.63) is 65.4 Å². The van der Waals surface area contributed by atoms with Crippen LogP contribution < -0.4 is 5.32 Å². The third-order valence-corrected chi connectivity index (χ3v) is 5.71. The van der Waals surface area contributed by atoms with Crippen LogP contribution >= 0.6 is 11.3 Å². The number of carbonyl (C=O) groups excluding carboxylic acids is 1. The van der Waals surface area contributed by atoms with Crippen LogP contribution in [0.3, 0.4) is 0 Å². The number of rotatable bonds is 5. The second-order valence-electron chi connectivity index (χ2n) is 6.56. The Morgan fingerprint density at radius 3 is 2.92 bits per heavy atom. The van der Waals surface area contributed by atoms with Crippen LogP contribution in [0, 0.1) is 0 Å². The van der Waals surface area contributed by atoms with Gasteiger partial charge >= 0.3 is 0 Å². The van der Waals surface area contributed by atoms with E-state index >= 15 is 0 Å². The van der Waals surface area contributed by atoms with Crippen molar-refractivity contribution in [2.45, 2.75) is 25.4 Å². The second-order valence-corrected chi connectivity index (χ2v) is 7.41. The number of likely N-dealkylation sites (tertiary alicyclic amines) is 1. The molecule has 2 atom stereocenters. The molecule has 1 aliphatic rings. The Hall–Kier alpha value is -2.44. The highest BCUT2D eigenvalue weighted by atomic mass is 32.1. The van der Waals surface area contributed by atoms with E-state index in [2.05, 4.69) is 46.4 Å². The summed E-state index contributed by atoms with van der Waals surface area (Å²) in [6, 6.07) is 14.7. The summed E-state index contributed by atoms with van der Waals surface area (Å²) in [5.41, 5.74) is 1.76. The summed E-state index contributed by atoms with van der Waals surface area (Å²) in [6.07, 6.45) is 2.57. The number of amides is 1. The molecule has 0 radical (unpaired) electrons. The zero-order chi connectivity index (χ0) is 17.9. The molecule has 1 N–H and O–H groups in total. The van der Waals surface area contributed by atoms with Gasteiger partial charge in [-0.05, 0) is 31.0 Å². The quantitative estimate of drug-likeness (QED) is 0.741. The lowest BCUT2D eigenvalue weighted by Gasteiger charge is -2.24. The van der Waals surface area contributed by atoms with E-state index in [1.165, 1.54) is 16.9 Å². The first-order valence-electron chi connectivity index (χ1n) is 8.80. The van der Waals surface area contributed by atoms with E-state index in [-0.39, 0.29) is 11.9 Å². The molecule has 26 heavy (non-hydrogen) atoms. The van der Waals surface area contributed by atoms with E-state index in [9.17, 15) is 4.79 Å².